The Balaban J connectivity index is 1.83. The molecule has 114 valence electrons. The van der Waals surface area contributed by atoms with Gasteiger partial charge in [0.15, 0.2) is 0 Å². The number of likely N-dealkylation sites (tertiary alicyclic amines) is 1. The standard InChI is InChI=1S/C15H26N2O3/c1-10(2)8-12(14(18)19)9-16-15(20)17-7-6-11-4-3-5-13(11)17/h10-13H,3-9H2,1-2H3,(H,16,20)(H,18,19). The van der Waals surface area contributed by atoms with Crippen molar-refractivity contribution in [1.29, 1.82) is 0 Å². The number of hydrogen-bond donors (Lipinski definition) is 2. The largest absolute Gasteiger partial charge is 0.481 e. The lowest BCUT2D eigenvalue weighted by Gasteiger charge is -2.25. The predicted octanol–water partition coefficient (Wildman–Crippen LogP) is 2.32. The molecule has 2 amide bonds. The van der Waals surface area contributed by atoms with Crippen LogP contribution < -0.4 is 5.32 Å². The summed E-state index contributed by atoms with van der Waals surface area (Å²) in [5, 5.41) is 12.0. The molecule has 3 atom stereocenters. The molecule has 0 aromatic rings. The van der Waals surface area contributed by atoms with Crippen LogP contribution in [0.3, 0.4) is 0 Å². The van der Waals surface area contributed by atoms with Gasteiger partial charge in [-0.15, -0.1) is 0 Å². The second-order valence-electron chi connectivity index (χ2n) is 6.59. The molecule has 5 nitrogen and oxygen atoms in total. The minimum absolute atomic E-state index is 0.0746. The Morgan fingerprint density at radius 1 is 1.30 bits per heavy atom. The lowest BCUT2D eigenvalue weighted by atomic mass is 9.97. The van der Waals surface area contributed by atoms with Crippen LogP contribution in [0.15, 0.2) is 0 Å². The number of urea groups is 1. The van der Waals surface area contributed by atoms with E-state index in [1.165, 1.54) is 12.8 Å². The summed E-state index contributed by atoms with van der Waals surface area (Å²) in [6, 6.07) is 0.317. The molecule has 5 heteroatoms. The summed E-state index contributed by atoms with van der Waals surface area (Å²) in [4.78, 5) is 25.3. The van der Waals surface area contributed by atoms with Crippen LogP contribution in [0.4, 0.5) is 4.79 Å². The van der Waals surface area contributed by atoms with Gasteiger partial charge in [0.05, 0.1) is 5.92 Å². The van der Waals surface area contributed by atoms with Gasteiger partial charge in [-0.05, 0) is 37.5 Å². The number of carbonyl (C=O) groups is 2. The van der Waals surface area contributed by atoms with E-state index in [0.29, 0.717) is 24.3 Å². The maximum absolute atomic E-state index is 12.2. The lowest BCUT2D eigenvalue weighted by Crippen LogP contribution is -2.45. The highest BCUT2D eigenvalue weighted by atomic mass is 16.4. The quantitative estimate of drug-likeness (QED) is 0.813. The van der Waals surface area contributed by atoms with Crippen LogP contribution in [-0.4, -0.2) is 41.1 Å². The smallest absolute Gasteiger partial charge is 0.317 e. The Morgan fingerprint density at radius 3 is 2.70 bits per heavy atom. The number of carbonyl (C=O) groups excluding carboxylic acids is 1. The van der Waals surface area contributed by atoms with Gasteiger partial charge in [-0.1, -0.05) is 20.3 Å². The fourth-order valence-electron chi connectivity index (χ4n) is 3.64. The average molecular weight is 282 g/mol. The molecule has 2 aliphatic rings. The fourth-order valence-corrected chi connectivity index (χ4v) is 3.64. The molecule has 20 heavy (non-hydrogen) atoms. The van der Waals surface area contributed by atoms with Crippen LogP contribution in [0.25, 0.3) is 0 Å². The number of nitrogens with one attached hydrogen (secondary N) is 1. The van der Waals surface area contributed by atoms with E-state index in [1.54, 1.807) is 0 Å². The SMILES string of the molecule is CC(C)CC(CNC(=O)N1CCC2CCCC21)C(=O)O. The summed E-state index contributed by atoms with van der Waals surface area (Å²) in [5.41, 5.74) is 0. The second kappa shape index (κ2) is 6.46. The van der Waals surface area contributed by atoms with Crippen LogP contribution in [0, 0.1) is 17.8 Å². The van der Waals surface area contributed by atoms with Crippen LogP contribution >= 0.6 is 0 Å². The number of carboxylic acid groups (broad SMARTS) is 1. The number of nitrogens with zero attached hydrogens (tertiary/aromatic N) is 1. The zero-order valence-electron chi connectivity index (χ0n) is 12.5. The third kappa shape index (κ3) is 3.44. The maximum Gasteiger partial charge on any atom is 0.317 e. The molecule has 0 bridgehead atoms. The Hall–Kier alpha value is -1.26. The lowest BCUT2D eigenvalue weighted by molar-refractivity contribution is -0.142. The molecular formula is C15H26N2O3. The number of fused-ring (bicyclic) bond motifs is 1. The molecule has 1 saturated carbocycles. The minimum atomic E-state index is -0.820. The summed E-state index contributed by atoms with van der Waals surface area (Å²) in [7, 11) is 0. The third-order valence-corrected chi connectivity index (χ3v) is 4.63. The summed E-state index contributed by atoms with van der Waals surface area (Å²) >= 11 is 0. The third-order valence-electron chi connectivity index (χ3n) is 4.63. The molecule has 1 aliphatic heterocycles. The number of hydrogen-bond acceptors (Lipinski definition) is 2. The van der Waals surface area contributed by atoms with Crippen molar-refractivity contribution in [1.82, 2.24) is 10.2 Å². The molecule has 1 heterocycles. The Morgan fingerprint density at radius 2 is 2.05 bits per heavy atom. The predicted molar refractivity (Wildman–Crippen MR) is 76.4 cm³/mol. The van der Waals surface area contributed by atoms with Gasteiger partial charge in [-0.3, -0.25) is 4.79 Å². The summed E-state index contributed by atoms with van der Waals surface area (Å²) in [6.45, 7) is 5.06. The summed E-state index contributed by atoms with van der Waals surface area (Å²) in [5.74, 6) is -0.314. The number of amides is 2. The molecular weight excluding hydrogens is 256 g/mol. The summed E-state index contributed by atoms with van der Waals surface area (Å²) < 4.78 is 0. The van der Waals surface area contributed by atoms with E-state index in [-0.39, 0.29) is 12.6 Å². The number of carboxylic acids is 1. The van der Waals surface area contributed by atoms with E-state index in [9.17, 15) is 14.7 Å². The normalized spacial score (nSPS) is 26.6. The first-order chi connectivity index (χ1) is 9.49. The second-order valence-corrected chi connectivity index (χ2v) is 6.59. The van der Waals surface area contributed by atoms with Gasteiger partial charge in [0.25, 0.3) is 0 Å². The van der Waals surface area contributed by atoms with E-state index in [0.717, 1.165) is 19.4 Å². The van der Waals surface area contributed by atoms with Crippen molar-refractivity contribution >= 4 is 12.0 Å². The van der Waals surface area contributed by atoms with Gasteiger partial charge in [0, 0.05) is 19.1 Å². The van der Waals surface area contributed by atoms with Gasteiger partial charge in [0.2, 0.25) is 0 Å². The topological polar surface area (TPSA) is 69.6 Å². The van der Waals surface area contributed by atoms with Crippen LogP contribution in [0.1, 0.15) is 46.0 Å². The van der Waals surface area contributed by atoms with Crippen LogP contribution in [0.5, 0.6) is 0 Å². The van der Waals surface area contributed by atoms with Crippen molar-refractivity contribution in [3.63, 3.8) is 0 Å². The fraction of sp³-hybridized carbons (Fsp3) is 0.867. The van der Waals surface area contributed by atoms with Gasteiger partial charge < -0.3 is 15.3 Å². The highest BCUT2D eigenvalue weighted by Crippen LogP contribution is 2.37. The van der Waals surface area contributed by atoms with Crippen molar-refractivity contribution in [2.24, 2.45) is 17.8 Å². The highest BCUT2D eigenvalue weighted by molar-refractivity contribution is 5.76. The highest BCUT2D eigenvalue weighted by Gasteiger charge is 2.39. The average Bonchev–Trinajstić information content (AvgIpc) is 2.95. The first-order valence-corrected chi connectivity index (χ1v) is 7.76. The number of rotatable bonds is 5. The van der Waals surface area contributed by atoms with Gasteiger partial charge in [-0.25, -0.2) is 4.79 Å². The first-order valence-electron chi connectivity index (χ1n) is 7.76. The molecule has 2 N–H and O–H groups in total. The van der Waals surface area contributed by atoms with Gasteiger partial charge in [-0.2, -0.15) is 0 Å². The zero-order chi connectivity index (χ0) is 14.7. The molecule has 2 fully saturated rings. The Labute approximate surface area is 120 Å². The Bertz CT molecular complexity index is 370. The first kappa shape index (κ1) is 15.1. The Kier molecular flexibility index (Phi) is 4.89. The molecule has 2 rings (SSSR count). The molecule has 3 unspecified atom stereocenters. The van der Waals surface area contributed by atoms with E-state index in [1.807, 2.05) is 18.7 Å². The van der Waals surface area contributed by atoms with E-state index >= 15 is 0 Å². The van der Waals surface area contributed by atoms with Crippen molar-refractivity contribution in [3.05, 3.63) is 0 Å². The molecule has 0 spiro atoms. The molecule has 1 aliphatic carbocycles. The molecule has 1 saturated heterocycles. The van der Waals surface area contributed by atoms with Crippen LogP contribution in [-0.2, 0) is 4.79 Å². The monoisotopic (exact) mass is 282 g/mol. The van der Waals surface area contributed by atoms with Crippen molar-refractivity contribution in [2.45, 2.75) is 52.0 Å². The van der Waals surface area contributed by atoms with E-state index in [4.69, 9.17) is 0 Å². The minimum Gasteiger partial charge on any atom is -0.481 e. The molecule has 0 aromatic carbocycles. The van der Waals surface area contributed by atoms with Crippen molar-refractivity contribution < 1.29 is 14.7 Å². The van der Waals surface area contributed by atoms with Gasteiger partial charge >= 0.3 is 12.0 Å². The maximum atomic E-state index is 12.2. The molecule has 0 radical (unpaired) electrons. The van der Waals surface area contributed by atoms with E-state index in [2.05, 4.69) is 5.32 Å². The van der Waals surface area contributed by atoms with Crippen LogP contribution in [0.2, 0.25) is 0 Å². The zero-order valence-corrected chi connectivity index (χ0v) is 12.5. The van der Waals surface area contributed by atoms with Gasteiger partial charge in [0.1, 0.15) is 0 Å². The summed E-state index contributed by atoms with van der Waals surface area (Å²) in [6.07, 6.45) is 5.25. The number of aliphatic carboxylic acids is 1. The van der Waals surface area contributed by atoms with Crippen molar-refractivity contribution in [2.75, 3.05) is 13.1 Å². The van der Waals surface area contributed by atoms with Crippen molar-refractivity contribution in [3.8, 4) is 0 Å². The molecule has 0 aromatic heterocycles. The van der Waals surface area contributed by atoms with E-state index < -0.39 is 11.9 Å².